The Morgan fingerprint density at radius 3 is 2.69 bits per heavy atom. The highest BCUT2D eigenvalue weighted by Gasteiger charge is 2.16. The first kappa shape index (κ1) is 16.1. The first-order chi connectivity index (χ1) is 12.6. The summed E-state index contributed by atoms with van der Waals surface area (Å²) in [5.41, 5.74) is 3.88. The molecule has 1 N–H and O–H groups in total. The van der Waals surface area contributed by atoms with E-state index in [-0.39, 0.29) is 11.6 Å². The van der Waals surface area contributed by atoms with E-state index in [0.29, 0.717) is 24.7 Å². The van der Waals surface area contributed by atoms with Crippen molar-refractivity contribution in [1.29, 1.82) is 0 Å². The molecule has 7 heteroatoms. The molecule has 26 heavy (non-hydrogen) atoms. The minimum atomic E-state index is -0.305. The molecule has 3 aromatic rings. The minimum absolute atomic E-state index is 0.236. The van der Waals surface area contributed by atoms with Crippen LogP contribution in [-0.4, -0.2) is 34.1 Å². The second-order valence-corrected chi connectivity index (χ2v) is 6.15. The number of aryl methyl sites for hydroxylation is 2. The predicted molar refractivity (Wildman–Crippen MR) is 96.2 cm³/mol. The first-order valence-corrected chi connectivity index (χ1v) is 8.31. The quantitative estimate of drug-likeness (QED) is 0.786. The Morgan fingerprint density at radius 1 is 1.08 bits per heavy atom. The van der Waals surface area contributed by atoms with Gasteiger partial charge in [0.05, 0.1) is 11.9 Å². The molecule has 0 saturated heterocycles. The van der Waals surface area contributed by atoms with Crippen molar-refractivity contribution >= 4 is 11.6 Å². The molecule has 1 aliphatic heterocycles. The Labute approximate surface area is 150 Å². The normalized spacial score (nSPS) is 12.7. The third kappa shape index (κ3) is 3.11. The van der Waals surface area contributed by atoms with Gasteiger partial charge in [0, 0.05) is 11.8 Å². The topological polar surface area (TPSA) is 78.3 Å². The molecule has 1 amide bonds. The van der Waals surface area contributed by atoms with Crippen molar-refractivity contribution in [3.63, 3.8) is 0 Å². The monoisotopic (exact) mass is 350 g/mol. The Balaban J connectivity index is 1.55. The number of fused-ring (bicyclic) bond motifs is 1. The summed E-state index contributed by atoms with van der Waals surface area (Å²) >= 11 is 0. The van der Waals surface area contributed by atoms with Crippen molar-refractivity contribution < 1.29 is 14.3 Å². The van der Waals surface area contributed by atoms with Gasteiger partial charge in [0.1, 0.15) is 13.2 Å². The van der Waals surface area contributed by atoms with Crippen LogP contribution in [0.3, 0.4) is 0 Å². The number of ether oxygens (including phenoxy) is 2. The highest BCUT2D eigenvalue weighted by Crippen LogP contribution is 2.31. The molecule has 132 valence electrons. The Morgan fingerprint density at radius 2 is 1.88 bits per heavy atom. The van der Waals surface area contributed by atoms with Gasteiger partial charge in [0.15, 0.2) is 17.2 Å². The fraction of sp³-hybridized carbons (Fsp3) is 0.211. The second kappa shape index (κ2) is 6.51. The Bertz CT molecular complexity index is 981. The molecule has 0 spiro atoms. The second-order valence-electron chi connectivity index (χ2n) is 6.15. The van der Waals surface area contributed by atoms with Gasteiger partial charge in [-0.25, -0.2) is 4.68 Å². The summed E-state index contributed by atoms with van der Waals surface area (Å²) in [5.74, 6) is 1.05. The molecule has 0 fully saturated rings. The van der Waals surface area contributed by atoms with Crippen LogP contribution in [0, 0.1) is 13.8 Å². The number of aromatic nitrogens is 3. The number of nitrogens with zero attached hydrogens (tertiary/aromatic N) is 3. The number of hydrogen-bond donors (Lipinski definition) is 1. The van der Waals surface area contributed by atoms with Crippen LogP contribution in [0.2, 0.25) is 0 Å². The SMILES string of the molecule is Cc1ccc(NC(=O)c2cn(-c3ccc4c(c3)OCCO4)nn2)c(C)c1. The lowest BCUT2D eigenvalue weighted by molar-refractivity contribution is 0.102. The maximum Gasteiger partial charge on any atom is 0.277 e. The molecule has 0 bridgehead atoms. The summed E-state index contributed by atoms with van der Waals surface area (Å²) in [6.45, 7) is 5.02. The maximum atomic E-state index is 12.5. The van der Waals surface area contributed by atoms with E-state index in [4.69, 9.17) is 9.47 Å². The summed E-state index contributed by atoms with van der Waals surface area (Å²) in [7, 11) is 0. The number of rotatable bonds is 3. The molecule has 0 unspecified atom stereocenters. The number of carbonyl (C=O) groups is 1. The van der Waals surface area contributed by atoms with Crippen LogP contribution in [-0.2, 0) is 0 Å². The van der Waals surface area contributed by atoms with E-state index in [1.165, 1.54) is 4.68 Å². The molecular formula is C19H18N4O3. The van der Waals surface area contributed by atoms with Crippen LogP contribution in [0.5, 0.6) is 11.5 Å². The fourth-order valence-electron chi connectivity index (χ4n) is 2.81. The Hall–Kier alpha value is -3.35. The van der Waals surface area contributed by atoms with Crippen molar-refractivity contribution in [2.24, 2.45) is 0 Å². The van der Waals surface area contributed by atoms with Gasteiger partial charge in [-0.1, -0.05) is 22.9 Å². The number of carbonyl (C=O) groups excluding carboxylic acids is 1. The van der Waals surface area contributed by atoms with E-state index in [2.05, 4.69) is 15.6 Å². The van der Waals surface area contributed by atoms with Gasteiger partial charge in [0.2, 0.25) is 0 Å². The van der Waals surface area contributed by atoms with Gasteiger partial charge in [-0.05, 0) is 37.6 Å². The van der Waals surface area contributed by atoms with Gasteiger partial charge in [-0.3, -0.25) is 4.79 Å². The van der Waals surface area contributed by atoms with Crippen LogP contribution < -0.4 is 14.8 Å². The molecule has 0 aliphatic carbocycles. The molecule has 0 radical (unpaired) electrons. The first-order valence-electron chi connectivity index (χ1n) is 8.31. The highest BCUT2D eigenvalue weighted by atomic mass is 16.6. The summed E-state index contributed by atoms with van der Waals surface area (Å²) in [6, 6.07) is 11.3. The summed E-state index contributed by atoms with van der Waals surface area (Å²) in [5, 5.41) is 10.9. The van der Waals surface area contributed by atoms with E-state index in [0.717, 1.165) is 22.5 Å². The van der Waals surface area contributed by atoms with Gasteiger partial charge >= 0.3 is 0 Å². The van der Waals surface area contributed by atoms with Crippen molar-refractivity contribution in [1.82, 2.24) is 15.0 Å². The van der Waals surface area contributed by atoms with Crippen molar-refractivity contribution in [2.75, 3.05) is 18.5 Å². The third-order valence-corrected chi connectivity index (χ3v) is 4.15. The standard InChI is InChI=1S/C19H18N4O3/c1-12-3-5-15(13(2)9-12)20-19(24)16-11-23(22-21-16)14-4-6-17-18(10-14)26-8-7-25-17/h3-6,9-11H,7-8H2,1-2H3,(H,20,24). The summed E-state index contributed by atoms with van der Waals surface area (Å²) < 4.78 is 12.6. The van der Waals surface area contributed by atoms with Crippen LogP contribution >= 0.6 is 0 Å². The fourth-order valence-corrected chi connectivity index (χ4v) is 2.81. The third-order valence-electron chi connectivity index (χ3n) is 4.15. The largest absolute Gasteiger partial charge is 0.486 e. The molecule has 7 nitrogen and oxygen atoms in total. The molecular weight excluding hydrogens is 332 g/mol. The molecule has 0 saturated carbocycles. The predicted octanol–water partition coefficient (Wildman–Crippen LogP) is 2.91. The van der Waals surface area contributed by atoms with E-state index in [9.17, 15) is 4.79 Å². The van der Waals surface area contributed by atoms with Gasteiger partial charge in [-0.15, -0.1) is 5.10 Å². The van der Waals surface area contributed by atoms with Gasteiger partial charge in [0.25, 0.3) is 5.91 Å². The summed E-state index contributed by atoms with van der Waals surface area (Å²) in [6.07, 6.45) is 1.59. The molecule has 4 rings (SSSR count). The van der Waals surface area contributed by atoms with Crippen molar-refractivity contribution in [3.05, 3.63) is 59.4 Å². The van der Waals surface area contributed by atoms with E-state index in [1.54, 1.807) is 6.20 Å². The van der Waals surface area contributed by atoms with Crippen LogP contribution in [0.15, 0.2) is 42.6 Å². The average Bonchev–Trinajstić information content (AvgIpc) is 3.14. The van der Waals surface area contributed by atoms with Crippen molar-refractivity contribution in [3.8, 4) is 17.2 Å². The lowest BCUT2D eigenvalue weighted by Crippen LogP contribution is -2.15. The average molecular weight is 350 g/mol. The van der Waals surface area contributed by atoms with Crippen molar-refractivity contribution in [2.45, 2.75) is 13.8 Å². The lowest BCUT2D eigenvalue weighted by Gasteiger charge is -2.18. The molecule has 0 atom stereocenters. The molecule has 2 aromatic carbocycles. The molecule has 1 aromatic heterocycles. The van der Waals surface area contributed by atoms with Crippen LogP contribution in [0.25, 0.3) is 5.69 Å². The smallest absolute Gasteiger partial charge is 0.277 e. The number of amides is 1. The lowest BCUT2D eigenvalue weighted by atomic mass is 10.1. The molecule has 2 heterocycles. The van der Waals surface area contributed by atoms with Gasteiger partial charge < -0.3 is 14.8 Å². The number of anilines is 1. The van der Waals surface area contributed by atoms with Crippen LogP contribution in [0.1, 0.15) is 21.6 Å². The van der Waals surface area contributed by atoms with Gasteiger partial charge in [-0.2, -0.15) is 0 Å². The van der Waals surface area contributed by atoms with E-state index in [1.807, 2.05) is 50.2 Å². The van der Waals surface area contributed by atoms with E-state index < -0.39 is 0 Å². The Kier molecular flexibility index (Phi) is 4.04. The zero-order valence-corrected chi connectivity index (χ0v) is 14.5. The highest BCUT2D eigenvalue weighted by molar-refractivity contribution is 6.03. The maximum absolute atomic E-state index is 12.5. The summed E-state index contributed by atoms with van der Waals surface area (Å²) in [4.78, 5) is 12.5. The zero-order valence-electron chi connectivity index (χ0n) is 14.5. The van der Waals surface area contributed by atoms with E-state index >= 15 is 0 Å². The van der Waals surface area contributed by atoms with Crippen LogP contribution in [0.4, 0.5) is 5.69 Å². The zero-order chi connectivity index (χ0) is 18.1. The number of nitrogens with one attached hydrogen (secondary N) is 1. The molecule has 1 aliphatic rings. The number of benzene rings is 2. The number of hydrogen-bond acceptors (Lipinski definition) is 5. The minimum Gasteiger partial charge on any atom is -0.486 e.